The Labute approximate surface area is 138 Å². The monoisotopic (exact) mass is 367 g/mol. The third-order valence-electron chi connectivity index (χ3n) is 2.94. The third-order valence-corrected chi connectivity index (χ3v) is 5.52. The molecule has 136 valence electrons. The number of sulfone groups is 1. The van der Waals surface area contributed by atoms with Gasteiger partial charge >= 0.3 is 6.36 Å². The number of guanidine groups is 1. The first-order chi connectivity index (χ1) is 10.8. The molecule has 0 atom stereocenters. The molecule has 0 aromatic heterocycles. The molecule has 0 radical (unpaired) electrons. The lowest BCUT2D eigenvalue weighted by atomic mass is 10.3. The van der Waals surface area contributed by atoms with Gasteiger partial charge in [-0.25, -0.2) is 8.42 Å². The molecular weight excluding hydrogens is 347 g/mol. The molecule has 0 aliphatic carbocycles. The second-order valence-corrected chi connectivity index (χ2v) is 8.76. The Morgan fingerprint density at radius 2 is 1.75 bits per heavy atom. The molecule has 0 unspecified atom stereocenters. The van der Waals surface area contributed by atoms with Gasteiger partial charge in [-0.3, -0.25) is 4.99 Å². The average Bonchev–Trinajstić information content (AvgIpc) is 2.37. The van der Waals surface area contributed by atoms with E-state index in [1.807, 2.05) is 0 Å². The highest BCUT2D eigenvalue weighted by molar-refractivity contribution is 7.92. The second kappa shape index (κ2) is 7.29. The summed E-state index contributed by atoms with van der Waals surface area (Å²) in [5.74, 6) is -0.555. The number of nitrogens with one attached hydrogen (secondary N) is 1. The fourth-order valence-corrected chi connectivity index (χ4v) is 2.46. The van der Waals surface area contributed by atoms with Crippen molar-refractivity contribution in [1.29, 1.82) is 0 Å². The zero-order chi connectivity index (χ0) is 18.6. The Morgan fingerprint density at radius 3 is 2.21 bits per heavy atom. The highest BCUT2D eigenvalue weighted by Crippen LogP contribution is 2.23. The molecule has 0 aliphatic rings. The molecule has 0 saturated carbocycles. The van der Waals surface area contributed by atoms with Crippen molar-refractivity contribution in [1.82, 2.24) is 0 Å². The predicted molar refractivity (Wildman–Crippen MR) is 86.8 cm³/mol. The lowest BCUT2D eigenvalue weighted by Gasteiger charge is -2.18. The number of hydrogen-bond acceptors (Lipinski definition) is 4. The Hall–Kier alpha value is -1.97. The van der Waals surface area contributed by atoms with Crippen molar-refractivity contribution in [2.75, 3.05) is 17.6 Å². The van der Waals surface area contributed by atoms with Gasteiger partial charge < -0.3 is 15.8 Å². The Morgan fingerprint density at radius 1 is 1.21 bits per heavy atom. The lowest BCUT2D eigenvalue weighted by Crippen LogP contribution is -2.32. The van der Waals surface area contributed by atoms with Crippen LogP contribution < -0.4 is 15.8 Å². The van der Waals surface area contributed by atoms with Gasteiger partial charge in [0.25, 0.3) is 0 Å². The number of nitrogens with zero attached hydrogens (tertiary/aromatic N) is 1. The summed E-state index contributed by atoms with van der Waals surface area (Å²) < 4.78 is 62.8. The van der Waals surface area contributed by atoms with Crippen LogP contribution in [0.4, 0.5) is 18.9 Å². The zero-order valence-corrected chi connectivity index (χ0v) is 14.3. The number of rotatable bonds is 5. The van der Waals surface area contributed by atoms with Gasteiger partial charge in [0.2, 0.25) is 0 Å². The van der Waals surface area contributed by atoms with Crippen molar-refractivity contribution in [3.05, 3.63) is 24.3 Å². The van der Waals surface area contributed by atoms with Crippen LogP contribution >= 0.6 is 0 Å². The van der Waals surface area contributed by atoms with Crippen LogP contribution in [0.25, 0.3) is 0 Å². The molecule has 1 rings (SSSR count). The van der Waals surface area contributed by atoms with Crippen molar-refractivity contribution in [2.45, 2.75) is 31.9 Å². The molecule has 0 aliphatic heterocycles. The largest absolute Gasteiger partial charge is 0.573 e. The summed E-state index contributed by atoms with van der Waals surface area (Å²) in [6, 6.07) is 4.89. The molecule has 24 heavy (non-hydrogen) atoms. The summed E-state index contributed by atoms with van der Waals surface area (Å²) >= 11 is 0. The van der Waals surface area contributed by atoms with Crippen LogP contribution in [0.1, 0.15) is 20.8 Å². The Bertz CT molecular complexity index is 678. The number of ether oxygens (including phenoxy) is 1. The van der Waals surface area contributed by atoms with Crippen LogP contribution in [0.3, 0.4) is 0 Å². The topological polar surface area (TPSA) is 93.8 Å². The number of anilines is 1. The SMILES string of the molecule is CC(C)(C)S(=O)(=O)CCN=C(N)Nc1ccc(OC(F)(F)F)cc1. The molecule has 10 heteroatoms. The molecular formula is C14H20F3N3O3S. The van der Waals surface area contributed by atoms with Crippen molar-refractivity contribution >= 4 is 21.5 Å². The molecule has 1 aromatic carbocycles. The van der Waals surface area contributed by atoms with E-state index in [9.17, 15) is 21.6 Å². The predicted octanol–water partition coefficient (Wildman–Crippen LogP) is 2.53. The van der Waals surface area contributed by atoms with Crippen LogP contribution in [0, 0.1) is 0 Å². The van der Waals surface area contributed by atoms with Crippen molar-refractivity contribution in [2.24, 2.45) is 10.7 Å². The van der Waals surface area contributed by atoms with Crippen LogP contribution in [-0.2, 0) is 9.84 Å². The van der Waals surface area contributed by atoms with Crippen molar-refractivity contribution in [3.63, 3.8) is 0 Å². The maximum absolute atomic E-state index is 12.0. The smallest absolute Gasteiger partial charge is 0.406 e. The van der Waals surface area contributed by atoms with E-state index in [0.717, 1.165) is 12.1 Å². The van der Waals surface area contributed by atoms with Crippen molar-refractivity contribution < 1.29 is 26.3 Å². The van der Waals surface area contributed by atoms with Gasteiger partial charge in [-0.1, -0.05) is 0 Å². The minimum Gasteiger partial charge on any atom is -0.406 e. The number of alkyl halides is 3. The normalized spacial score (nSPS) is 13.7. The van der Waals surface area contributed by atoms with Gasteiger partial charge in [-0.2, -0.15) is 0 Å². The van der Waals surface area contributed by atoms with Crippen LogP contribution in [0.2, 0.25) is 0 Å². The number of halogens is 3. The molecule has 1 aromatic rings. The van der Waals surface area contributed by atoms with Crippen LogP contribution in [-0.4, -0.2) is 37.8 Å². The molecule has 0 spiro atoms. The van der Waals surface area contributed by atoms with Crippen LogP contribution in [0.15, 0.2) is 29.3 Å². The van der Waals surface area contributed by atoms with Crippen LogP contribution in [0.5, 0.6) is 5.75 Å². The van der Waals surface area contributed by atoms with E-state index in [1.54, 1.807) is 20.8 Å². The minimum atomic E-state index is -4.76. The number of nitrogens with two attached hydrogens (primary N) is 1. The van der Waals surface area contributed by atoms with E-state index >= 15 is 0 Å². The Kier molecular flexibility index (Phi) is 6.09. The number of aliphatic imine (C=N–C) groups is 1. The number of hydrogen-bond donors (Lipinski definition) is 2. The maximum Gasteiger partial charge on any atom is 0.573 e. The lowest BCUT2D eigenvalue weighted by molar-refractivity contribution is -0.274. The maximum atomic E-state index is 12.0. The molecule has 0 fully saturated rings. The summed E-state index contributed by atoms with van der Waals surface area (Å²) in [6.07, 6.45) is -4.76. The van der Waals surface area contributed by atoms with E-state index in [1.165, 1.54) is 12.1 Å². The quantitative estimate of drug-likeness (QED) is 0.616. The zero-order valence-electron chi connectivity index (χ0n) is 13.5. The van der Waals surface area contributed by atoms with E-state index in [2.05, 4.69) is 15.0 Å². The van der Waals surface area contributed by atoms with E-state index in [0.29, 0.717) is 5.69 Å². The van der Waals surface area contributed by atoms with Gasteiger partial charge in [0.15, 0.2) is 15.8 Å². The Balaban J connectivity index is 2.60. The van der Waals surface area contributed by atoms with Gasteiger partial charge in [-0.05, 0) is 45.0 Å². The summed E-state index contributed by atoms with van der Waals surface area (Å²) in [6.45, 7) is 4.77. The fourth-order valence-electron chi connectivity index (χ4n) is 1.52. The standard InChI is InChI=1S/C14H20F3N3O3S/c1-13(2,3)24(21,22)9-8-19-12(18)20-10-4-6-11(7-5-10)23-14(15,16)17/h4-7H,8-9H2,1-3H3,(H3,18,19,20). The van der Waals surface area contributed by atoms with Gasteiger partial charge in [0.05, 0.1) is 17.0 Å². The molecule has 3 N–H and O–H groups in total. The molecule has 0 saturated heterocycles. The first-order valence-electron chi connectivity index (χ1n) is 6.95. The minimum absolute atomic E-state index is 0.0201. The highest BCUT2D eigenvalue weighted by atomic mass is 32.2. The molecule has 0 heterocycles. The van der Waals surface area contributed by atoms with Crippen molar-refractivity contribution in [3.8, 4) is 5.75 Å². The first kappa shape index (κ1) is 20.1. The second-order valence-electron chi connectivity index (χ2n) is 5.90. The van der Waals surface area contributed by atoms with E-state index < -0.39 is 20.9 Å². The average molecular weight is 367 g/mol. The number of benzene rings is 1. The van der Waals surface area contributed by atoms with Gasteiger partial charge in [0, 0.05) is 5.69 Å². The molecule has 0 bridgehead atoms. The summed E-state index contributed by atoms with van der Waals surface area (Å²) in [4.78, 5) is 3.89. The van der Waals surface area contributed by atoms with Gasteiger partial charge in [0.1, 0.15) is 5.75 Å². The fraction of sp³-hybridized carbons (Fsp3) is 0.500. The molecule has 0 amide bonds. The van der Waals surface area contributed by atoms with E-state index in [4.69, 9.17) is 5.73 Å². The summed E-state index contributed by atoms with van der Waals surface area (Å²) in [7, 11) is -3.30. The summed E-state index contributed by atoms with van der Waals surface area (Å²) in [5.41, 5.74) is 6.01. The first-order valence-corrected chi connectivity index (χ1v) is 8.60. The van der Waals surface area contributed by atoms with Gasteiger partial charge in [-0.15, -0.1) is 13.2 Å². The highest BCUT2D eigenvalue weighted by Gasteiger charge is 2.31. The van der Waals surface area contributed by atoms with E-state index in [-0.39, 0.29) is 24.0 Å². The molecule has 6 nitrogen and oxygen atoms in total. The summed E-state index contributed by atoms with van der Waals surface area (Å²) in [5, 5.41) is 2.65. The third kappa shape index (κ3) is 6.65.